The summed E-state index contributed by atoms with van der Waals surface area (Å²) in [5, 5.41) is 3.00. The van der Waals surface area contributed by atoms with E-state index < -0.39 is 0 Å². The van der Waals surface area contributed by atoms with Gasteiger partial charge in [0.1, 0.15) is 5.15 Å². The largest absolute Gasteiger partial charge is 0.348 e. The van der Waals surface area contributed by atoms with Gasteiger partial charge in [0, 0.05) is 17.2 Å². The van der Waals surface area contributed by atoms with Gasteiger partial charge in [-0.25, -0.2) is 4.98 Å². The normalized spacial score (nSPS) is 10.1. The van der Waals surface area contributed by atoms with Crippen LogP contribution in [-0.2, 0) is 6.54 Å². The smallest absolute Gasteiger partial charge is 0.254 e. The molecule has 0 aliphatic heterocycles. The Morgan fingerprint density at radius 1 is 1.33 bits per heavy atom. The summed E-state index contributed by atoms with van der Waals surface area (Å²) in [5.41, 5.74) is 1.40. The first-order chi connectivity index (χ1) is 8.66. The van der Waals surface area contributed by atoms with E-state index in [4.69, 9.17) is 11.6 Å². The van der Waals surface area contributed by atoms with E-state index in [-0.39, 0.29) is 11.1 Å². The van der Waals surface area contributed by atoms with E-state index in [0.717, 1.165) is 10.0 Å². The predicted octanol–water partition coefficient (Wildman–Crippen LogP) is 3.43. The highest BCUT2D eigenvalue weighted by atomic mass is 79.9. The third-order valence-corrected chi connectivity index (χ3v) is 3.08. The maximum absolute atomic E-state index is 11.9. The number of hydrogen-bond acceptors (Lipinski definition) is 2. The van der Waals surface area contributed by atoms with Gasteiger partial charge < -0.3 is 5.32 Å². The Labute approximate surface area is 118 Å². The molecule has 1 heterocycles. The summed E-state index contributed by atoms with van der Waals surface area (Å²) in [6.07, 6.45) is 1.55. The molecule has 0 aliphatic carbocycles. The van der Waals surface area contributed by atoms with Gasteiger partial charge >= 0.3 is 0 Å². The predicted molar refractivity (Wildman–Crippen MR) is 74.6 cm³/mol. The van der Waals surface area contributed by atoms with E-state index in [0.29, 0.717) is 12.1 Å². The Morgan fingerprint density at radius 3 is 2.78 bits per heavy atom. The van der Waals surface area contributed by atoms with Crippen molar-refractivity contribution in [3.63, 3.8) is 0 Å². The molecule has 2 aromatic rings. The molecule has 0 atom stereocenters. The molecule has 1 amide bonds. The van der Waals surface area contributed by atoms with E-state index >= 15 is 0 Å². The number of hydrogen-bond donors (Lipinski definition) is 1. The lowest BCUT2D eigenvalue weighted by atomic mass is 10.2. The molecule has 2 rings (SSSR count). The second-order valence-electron chi connectivity index (χ2n) is 3.66. The lowest BCUT2D eigenvalue weighted by molar-refractivity contribution is 0.0950. The van der Waals surface area contributed by atoms with Crippen molar-refractivity contribution in [3.8, 4) is 0 Å². The van der Waals surface area contributed by atoms with Gasteiger partial charge in [0.2, 0.25) is 0 Å². The molecule has 0 aliphatic rings. The zero-order chi connectivity index (χ0) is 13.0. The van der Waals surface area contributed by atoms with Crippen LogP contribution in [0.25, 0.3) is 0 Å². The molecule has 0 saturated carbocycles. The first-order valence-corrected chi connectivity index (χ1v) is 6.47. The molecule has 5 heteroatoms. The summed E-state index contributed by atoms with van der Waals surface area (Å²) in [5.74, 6) is -0.238. The van der Waals surface area contributed by atoms with Crippen molar-refractivity contribution >= 4 is 33.4 Å². The Bertz CT molecular complexity index is 560. The molecule has 92 valence electrons. The highest BCUT2D eigenvalue weighted by Crippen LogP contribution is 2.17. The van der Waals surface area contributed by atoms with Crippen LogP contribution in [0.5, 0.6) is 0 Å². The number of halogens is 2. The second kappa shape index (κ2) is 5.98. The van der Waals surface area contributed by atoms with Crippen LogP contribution in [0.1, 0.15) is 15.9 Å². The minimum Gasteiger partial charge on any atom is -0.348 e. The second-order valence-corrected chi connectivity index (χ2v) is 4.93. The molecular formula is C13H10BrClN2O. The number of amides is 1. The molecule has 0 spiro atoms. The van der Waals surface area contributed by atoms with Crippen LogP contribution in [0.4, 0.5) is 0 Å². The summed E-state index contributed by atoms with van der Waals surface area (Å²) < 4.78 is 0.719. The lowest BCUT2D eigenvalue weighted by Gasteiger charge is -2.06. The highest BCUT2D eigenvalue weighted by Gasteiger charge is 2.11. The Hall–Kier alpha value is -1.39. The summed E-state index contributed by atoms with van der Waals surface area (Å²) in [4.78, 5) is 15.8. The van der Waals surface area contributed by atoms with Gasteiger partial charge in [0.05, 0.1) is 5.56 Å². The lowest BCUT2D eigenvalue weighted by Crippen LogP contribution is -2.23. The molecule has 3 nitrogen and oxygen atoms in total. The van der Waals surface area contributed by atoms with E-state index in [1.165, 1.54) is 0 Å². The summed E-state index contributed by atoms with van der Waals surface area (Å²) in [6, 6.07) is 11.3. The average molecular weight is 326 g/mol. The van der Waals surface area contributed by atoms with Crippen LogP contribution in [-0.4, -0.2) is 10.9 Å². The Balaban J connectivity index is 2.06. The van der Waals surface area contributed by atoms with Gasteiger partial charge in [-0.1, -0.05) is 41.9 Å². The number of rotatable bonds is 3. The number of nitrogens with zero attached hydrogens (tertiary/aromatic N) is 1. The monoisotopic (exact) mass is 324 g/mol. The van der Waals surface area contributed by atoms with E-state index in [9.17, 15) is 4.79 Å². The minimum atomic E-state index is -0.238. The first kappa shape index (κ1) is 13.1. The molecule has 0 unspecified atom stereocenters. The molecule has 1 aromatic heterocycles. The fourth-order valence-corrected chi connectivity index (χ4v) is 1.98. The zero-order valence-electron chi connectivity index (χ0n) is 9.36. The van der Waals surface area contributed by atoms with Gasteiger partial charge in [0.25, 0.3) is 5.91 Å². The minimum absolute atomic E-state index is 0.198. The topological polar surface area (TPSA) is 42.0 Å². The van der Waals surface area contributed by atoms with Crippen LogP contribution in [0, 0.1) is 0 Å². The number of benzene rings is 1. The van der Waals surface area contributed by atoms with Gasteiger partial charge in [-0.05, 0) is 27.6 Å². The van der Waals surface area contributed by atoms with Gasteiger partial charge in [0.15, 0.2) is 0 Å². The quantitative estimate of drug-likeness (QED) is 0.879. The van der Waals surface area contributed by atoms with Crippen LogP contribution < -0.4 is 5.32 Å². The number of nitrogens with one attached hydrogen (secondary N) is 1. The first-order valence-electron chi connectivity index (χ1n) is 5.30. The summed E-state index contributed by atoms with van der Waals surface area (Å²) in [6.45, 7) is 0.461. The SMILES string of the molecule is O=C(NCc1ccccc1)c1cc(Br)cnc1Cl. The maximum Gasteiger partial charge on any atom is 0.254 e. The molecular weight excluding hydrogens is 316 g/mol. The molecule has 0 radical (unpaired) electrons. The fourth-order valence-electron chi connectivity index (χ4n) is 1.46. The standard InChI is InChI=1S/C13H10BrClN2O/c14-10-6-11(12(15)16-8-10)13(18)17-7-9-4-2-1-3-5-9/h1-6,8H,7H2,(H,17,18). The van der Waals surface area contributed by atoms with E-state index in [1.807, 2.05) is 30.3 Å². The van der Waals surface area contributed by atoms with Crippen molar-refractivity contribution in [1.29, 1.82) is 0 Å². The summed E-state index contributed by atoms with van der Waals surface area (Å²) >= 11 is 9.14. The fraction of sp³-hybridized carbons (Fsp3) is 0.0769. The van der Waals surface area contributed by atoms with Crippen LogP contribution in [0.15, 0.2) is 47.1 Å². The van der Waals surface area contributed by atoms with Crippen molar-refractivity contribution in [2.45, 2.75) is 6.54 Å². The highest BCUT2D eigenvalue weighted by molar-refractivity contribution is 9.10. The number of pyridine rings is 1. The Kier molecular flexibility index (Phi) is 4.33. The molecule has 1 aromatic carbocycles. The van der Waals surface area contributed by atoms with Gasteiger partial charge in [-0.15, -0.1) is 0 Å². The zero-order valence-corrected chi connectivity index (χ0v) is 11.7. The summed E-state index contributed by atoms with van der Waals surface area (Å²) in [7, 11) is 0. The van der Waals surface area contributed by atoms with Crippen molar-refractivity contribution < 1.29 is 4.79 Å². The number of carbonyl (C=O) groups excluding carboxylic acids is 1. The van der Waals surface area contributed by atoms with Crippen LogP contribution in [0.3, 0.4) is 0 Å². The third kappa shape index (κ3) is 3.31. The van der Waals surface area contributed by atoms with Crippen LogP contribution in [0.2, 0.25) is 5.15 Å². The van der Waals surface area contributed by atoms with Crippen molar-refractivity contribution in [2.75, 3.05) is 0 Å². The number of aromatic nitrogens is 1. The molecule has 0 saturated heterocycles. The maximum atomic E-state index is 11.9. The van der Waals surface area contributed by atoms with Gasteiger partial charge in [-0.2, -0.15) is 0 Å². The van der Waals surface area contributed by atoms with Crippen molar-refractivity contribution in [2.24, 2.45) is 0 Å². The van der Waals surface area contributed by atoms with Crippen molar-refractivity contribution in [3.05, 3.63) is 63.3 Å². The van der Waals surface area contributed by atoms with Crippen molar-refractivity contribution in [1.82, 2.24) is 10.3 Å². The van der Waals surface area contributed by atoms with Gasteiger partial charge in [-0.3, -0.25) is 4.79 Å². The molecule has 18 heavy (non-hydrogen) atoms. The van der Waals surface area contributed by atoms with E-state index in [2.05, 4.69) is 26.2 Å². The molecule has 1 N–H and O–H groups in total. The average Bonchev–Trinajstić information content (AvgIpc) is 2.40. The van der Waals surface area contributed by atoms with E-state index in [1.54, 1.807) is 12.3 Å². The Morgan fingerprint density at radius 2 is 2.06 bits per heavy atom. The van der Waals surface area contributed by atoms with Crippen LogP contribution >= 0.6 is 27.5 Å². The third-order valence-electron chi connectivity index (χ3n) is 2.35. The molecule has 0 fully saturated rings. The number of carbonyl (C=O) groups is 1. The molecule has 0 bridgehead atoms.